The molecule has 0 bridgehead atoms. The van der Waals surface area contributed by atoms with E-state index in [1.54, 1.807) is 12.0 Å². The van der Waals surface area contributed by atoms with Crippen molar-refractivity contribution in [3.05, 3.63) is 0 Å². The summed E-state index contributed by atoms with van der Waals surface area (Å²) in [6.07, 6.45) is 2.45. The second kappa shape index (κ2) is 7.11. The number of carboxylic acid groups (broad SMARTS) is 1. The van der Waals surface area contributed by atoms with Gasteiger partial charge >= 0.3 is 12.0 Å². The quantitative estimate of drug-likeness (QED) is 0.727. The molecular weight excluding hydrogens is 322 g/mol. The third kappa shape index (κ3) is 3.62. The van der Waals surface area contributed by atoms with Gasteiger partial charge in [0.05, 0.1) is 12.1 Å². The summed E-state index contributed by atoms with van der Waals surface area (Å²) < 4.78 is 5.64. The fraction of sp³-hybridized carbons (Fsp3) is 0.889. The van der Waals surface area contributed by atoms with Crippen LogP contribution in [0.3, 0.4) is 0 Å². The number of hydrogen-bond donors (Lipinski definition) is 2. The molecule has 25 heavy (non-hydrogen) atoms. The zero-order valence-corrected chi connectivity index (χ0v) is 16.3. The van der Waals surface area contributed by atoms with Crippen LogP contribution < -0.4 is 5.32 Å². The van der Waals surface area contributed by atoms with Crippen LogP contribution in [0.2, 0.25) is 0 Å². The highest BCUT2D eigenvalue weighted by atomic mass is 16.5. The molecule has 2 N–H and O–H groups in total. The number of urea groups is 1. The first-order chi connectivity index (χ1) is 11.6. The van der Waals surface area contributed by atoms with E-state index in [4.69, 9.17) is 9.84 Å². The summed E-state index contributed by atoms with van der Waals surface area (Å²) >= 11 is 0. The Hall–Kier alpha value is -1.34. The number of aliphatic carboxylic acids is 1. The Morgan fingerprint density at radius 2 is 1.88 bits per heavy atom. The highest BCUT2D eigenvalue weighted by Gasteiger charge is 2.60. The van der Waals surface area contributed by atoms with Crippen molar-refractivity contribution in [1.82, 2.24) is 15.1 Å². The van der Waals surface area contributed by atoms with Gasteiger partial charge in [0.15, 0.2) is 0 Å². The Morgan fingerprint density at radius 3 is 2.32 bits per heavy atom. The van der Waals surface area contributed by atoms with Crippen molar-refractivity contribution >= 4 is 12.0 Å². The first kappa shape index (κ1) is 20.0. The lowest BCUT2D eigenvalue weighted by molar-refractivity contribution is -0.198. The minimum atomic E-state index is -0.803. The van der Waals surface area contributed by atoms with Crippen LogP contribution in [0.1, 0.15) is 47.0 Å². The van der Waals surface area contributed by atoms with Gasteiger partial charge in [0.1, 0.15) is 0 Å². The van der Waals surface area contributed by atoms with E-state index < -0.39 is 5.97 Å². The molecule has 144 valence electrons. The summed E-state index contributed by atoms with van der Waals surface area (Å²) in [7, 11) is 3.57. The Kier molecular flexibility index (Phi) is 5.68. The number of carbonyl (C=O) groups is 2. The highest BCUT2D eigenvalue weighted by molar-refractivity contribution is 5.75. The summed E-state index contributed by atoms with van der Waals surface area (Å²) in [5, 5.41) is 12.0. The van der Waals surface area contributed by atoms with E-state index in [0.29, 0.717) is 6.54 Å². The van der Waals surface area contributed by atoms with E-state index in [-0.39, 0.29) is 41.7 Å². The molecule has 2 fully saturated rings. The van der Waals surface area contributed by atoms with Crippen molar-refractivity contribution in [3.8, 4) is 0 Å². The molecule has 2 rings (SSSR count). The molecule has 0 saturated heterocycles. The molecule has 0 aromatic carbocycles. The predicted octanol–water partition coefficient (Wildman–Crippen LogP) is 1.77. The molecule has 2 saturated carbocycles. The number of methoxy groups -OCH3 is 1. The van der Waals surface area contributed by atoms with Crippen molar-refractivity contribution in [3.63, 3.8) is 0 Å². The third-order valence-corrected chi connectivity index (χ3v) is 6.72. The SMILES string of the molecule is CCN(CC(=O)O)C1CC(NC(=O)N(C)C2CC(C)(OC)C2(C)C)C1. The van der Waals surface area contributed by atoms with Gasteiger partial charge < -0.3 is 20.1 Å². The van der Waals surface area contributed by atoms with Crippen molar-refractivity contribution in [2.75, 3.05) is 27.2 Å². The summed E-state index contributed by atoms with van der Waals surface area (Å²) in [5.74, 6) is -0.803. The van der Waals surface area contributed by atoms with Crippen LogP contribution in [0.4, 0.5) is 4.79 Å². The summed E-state index contributed by atoms with van der Waals surface area (Å²) in [6, 6.07) is 0.460. The van der Waals surface area contributed by atoms with Gasteiger partial charge in [0.25, 0.3) is 0 Å². The molecule has 0 spiro atoms. The normalized spacial score (nSPS) is 33.3. The molecule has 2 aliphatic carbocycles. The van der Waals surface area contributed by atoms with E-state index in [1.807, 2.05) is 18.9 Å². The first-order valence-corrected chi connectivity index (χ1v) is 9.10. The van der Waals surface area contributed by atoms with Crippen molar-refractivity contribution < 1.29 is 19.4 Å². The Bertz CT molecular complexity index is 518. The molecule has 7 heteroatoms. The molecule has 0 aromatic rings. The maximum absolute atomic E-state index is 12.6. The number of carboxylic acids is 1. The van der Waals surface area contributed by atoms with Gasteiger partial charge in [-0.1, -0.05) is 20.8 Å². The molecule has 0 aliphatic heterocycles. The second-order valence-corrected chi connectivity index (χ2v) is 8.22. The van der Waals surface area contributed by atoms with Crippen LogP contribution in [0.5, 0.6) is 0 Å². The number of carbonyl (C=O) groups excluding carboxylic acids is 1. The van der Waals surface area contributed by atoms with Crippen molar-refractivity contribution in [2.45, 2.75) is 70.7 Å². The number of nitrogens with zero attached hydrogens (tertiary/aromatic N) is 2. The molecule has 7 nitrogen and oxygen atoms in total. The Morgan fingerprint density at radius 1 is 1.28 bits per heavy atom. The van der Waals surface area contributed by atoms with Crippen molar-refractivity contribution in [2.24, 2.45) is 5.41 Å². The predicted molar refractivity (Wildman–Crippen MR) is 95.6 cm³/mol. The summed E-state index contributed by atoms with van der Waals surface area (Å²) in [4.78, 5) is 27.2. The van der Waals surface area contributed by atoms with Crippen molar-refractivity contribution in [1.29, 1.82) is 0 Å². The van der Waals surface area contributed by atoms with Gasteiger partial charge in [-0.3, -0.25) is 9.69 Å². The number of hydrogen-bond acceptors (Lipinski definition) is 4. The number of likely N-dealkylation sites (N-methyl/N-ethyl adjacent to an activating group) is 1. The topological polar surface area (TPSA) is 82.1 Å². The molecular formula is C18H33N3O4. The molecule has 0 aromatic heterocycles. The lowest BCUT2D eigenvalue weighted by Gasteiger charge is -2.61. The van der Waals surface area contributed by atoms with E-state index in [0.717, 1.165) is 19.3 Å². The first-order valence-electron chi connectivity index (χ1n) is 9.10. The van der Waals surface area contributed by atoms with E-state index in [2.05, 4.69) is 26.1 Å². The Labute approximate surface area is 150 Å². The maximum atomic E-state index is 12.6. The number of amides is 2. The van der Waals surface area contributed by atoms with Gasteiger partial charge in [-0.05, 0) is 32.7 Å². The molecule has 0 radical (unpaired) electrons. The lowest BCUT2D eigenvalue weighted by Crippen LogP contribution is -2.70. The number of nitrogens with one attached hydrogen (secondary N) is 1. The van der Waals surface area contributed by atoms with Crippen LogP contribution in [0.15, 0.2) is 0 Å². The Balaban J connectivity index is 1.81. The minimum absolute atomic E-state index is 0.0547. The van der Waals surface area contributed by atoms with Gasteiger partial charge in [-0.2, -0.15) is 0 Å². The monoisotopic (exact) mass is 355 g/mol. The third-order valence-electron chi connectivity index (χ3n) is 6.72. The smallest absolute Gasteiger partial charge is 0.317 e. The van der Waals surface area contributed by atoms with Crippen LogP contribution in [0, 0.1) is 5.41 Å². The minimum Gasteiger partial charge on any atom is -0.480 e. The van der Waals surface area contributed by atoms with Gasteiger partial charge in [0.2, 0.25) is 0 Å². The molecule has 2 atom stereocenters. The van der Waals surface area contributed by atoms with Crippen LogP contribution in [-0.2, 0) is 9.53 Å². The van der Waals surface area contributed by atoms with E-state index in [1.165, 1.54) is 0 Å². The number of rotatable bonds is 7. The molecule has 2 aliphatic rings. The summed E-state index contributed by atoms with van der Waals surface area (Å²) in [6.45, 7) is 9.11. The van der Waals surface area contributed by atoms with Crippen LogP contribution in [-0.4, -0.2) is 77.9 Å². The fourth-order valence-electron chi connectivity index (χ4n) is 4.17. The zero-order valence-electron chi connectivity index (χ0n) is 16.3. The largest absolute Gasteiger partial charge is 0.480 e. The zero-order chi connectivity index (χ0) is 19.0. The second-order valence-electron chi connectivity index (χ2n) is 8.22. The lowest BCUT2D eigenvalue weighted by atomic mass is 9.55. The van der Waals surface area contributed by atoms with Gasteiger partial charge in [-0.15, -0.1) is 0 Å². The van der Waals surface area contributed by atoms with Gasteiger partial charge in [0, 0.05) is 37.7 Å². The van der Waals surface area contributed by atoms with Crippen LogP contribution >= 0.6 is 0 Å². The highest BCUT2D eigenvalue weighted by Crippen LogP contribution is 2.53. The van der Waals surface area contributed by atoms with Crippen LogP contribution in [0.25, 0.3) is 0 Å². The summed E-state index contributed by atoms with van der Waals surface area (Å²) in [5.41, 5.74) is -0.303. The van der Waals surface area contributed by atoms with Gasteiger partial charge in [-0.25, -0.2) is 4.79 Å². The molecule has 2 amide bonds. The maximum Gasteiger partial charge on any atom is 0.317 e. The van der Waals surface area contributed by atoms with E-state index >= 15 is 0 Å². The molecule has 0 heterocycles. The average molecular weight is 355 g/mol. The standard InChI is InChI=1S/C18H33N3O4/c1-7-21(11-15(22)23)13-8-12(9-13)19-16(24)20(5)14-10-18(4,25-6)17(14,2)3/h12-14H,7-11H2,1-6H3,(H,19,24)(H,22,23). The molecule has 2 unspecified atom stereocenters. The number of ether oxygens (including phenoxy) is 1. The van der Waals surface area contributed by atoms with E-state index in [9.17, 15) is 9.59 Å². The average Bonchev–Trinajstić information content (AvgIpc) is 2.52. The fourth-order valence-corrected chi connectivity index (χ4v) is 4.17.